The highest BCUT2D eigenvalue weighted by Crippen LogP contribution is 2.38. The molecule has 0 spiro atoms. The SMILES string of the molecule is CCN1C(=O)C(=C(C#N)C(=O)NCC2CCCO2)c2ccccc21. The van der Waals surface area contributed by atoms with Gasteiger partial charge in [-0.15, -0.1) is 0 Å². The topological polar surface area (TPSA) is 82.4 Å². The number of amides is 2. The monoisotopic (exact) mass is 325 g/mol. The number of fused-ring (bicyclic) bond motifs is 1. The second kappa shape index (κ2) is 6.85. The summed E-state index contributed by atoms with van der Waals surface area (Å²) in [4.78, 5) is 26.7. The summed E-state index contributed by atoms with van der Waals surface area (Å²) in [5.41, 5.74) is 1.41. The minimum atomic E-state index is -0.524. The number of rotatable bonds is 4. The van der Waals surface area contributed by atoms with E-state index in [4.69, 9.17) is 4.74 Å². The van der Waals surface area contributed by atoms with Gasteiger partial charge in [-0.25, -0.2) is 0 Å². The van der Waals surface area contributed by atoms with Crippen molar-refractivity contribution in [3.05, 3.63) is 35.4 Å². The van der Waals surface area contributed by atoms with Gasteiger partial charge >= 0.3 is 0 Å². The number of nitrogens with zero attached hydrogens (tertiary/aromatic N) is 2. The molecule has 24 heavy (non-hydrogen) atoms. The molecule has 2 aliphatic heterocycles. The van der Waals surface area contributed by atoms with Crippen LogP contribution in [0.5, 0.6) is 0 Å². The fourth-order valence-corrected chi connectivity index (χ4v) is 3.16. The molecule has 0 bridgehead atoms. The summed E-state index contributed by atoms with van der Waals surface area (Å²) in [5, 5.41) is 12.2. The normalized spacial score (nSPS) is 21.4. The fourth-order valence-electron chi connectivity index (χ4n) is 3.16. The molecule has 3 rings (SSSR count). The number of hydrogen-bond donors (Lipinski definition) is 1. The average Bonchev–Trinajstić information content (AvgIpc) is 3.20. The number of benzene rings is 1. The van der Waals surface area contributed by atoms with Crippen LogP contribution in [0, 0.1) is 11.3 Å². The van der Waals surface area contributed by atoms with Crippen molar-refractivity contribution in [3.63, 3.8) is 0 Å². The number of nitriles is 1. The van der Waals surface area contributed by atoms with Crippen molar-refractivity contribution >= 4 is 23.1 Å². The Labute approximate surface area is 140 Å². The molecule has 6 heteroatoms. The number of anilines is 1. The molecule has 2 amide bonds. The first-order valence-electron chi connectivity index (χ1n) is 8.12. The molecule has 1 atom stereocenters. The van der Waals surface area contributed by atoms with Gasteiger partial charge in [-0.3, -0.25) is 9.59 Å². The lowest BCUT2D eigenvalue weighted by Gasteiger charge is -2.13. The first-order valence-corrected chi connectivity index (χ1v) is 8.12. The molecule has 0 saturated carbocycles. The molecule has 1 saturated heterocycles. The third-order valence-electron chi connectivity index (χ3n) is 4.34. The molecule has 0 radical (unpaired) electrons. The van der Waals surface area contributed by atoms with Gasteiger partial charge in [0, 0.05) is 25.3 Å². The summed E-state index contributed by atoms with van der Waals surface area (Å²) in [5.74, 6) is -0.827. The smallest absolute Gasteiger partial charge is 0.262 e. The third kappa shape index (κ3) is 2.79. The van der Waals surface area contributed by atoms with Crippen molar-refractivity contribution in [1.29, 1.82) is 5.26 Å². The van der Waals surface area contributed by atoms with Crippen LogP contribution < -0.4 is 10.2 Å². The maximum Gasteiger partial charge on any atom is 0.262 e. The number of nitrogens with one attached hydrogen (secondary N) is 1. The van der Waals surface area contributed by atoms with E-state index in [1.54, 1.807) is 17.0 Å². The van der Waals surface area contributed by atoms with Gasteiger partial charge in [0.1, 0.15) is 11.6 Å². The van der Waals surface area contributed by atoms with E-state index in [-0.39, 0.29) is 23.2 Å². The summed E-state index contributed by atoms with van der Waals surface area (Å²) in [6.07, 6.45) is 1.85. The summed E-state index contributed by atoms with van der Waals surface area (Å²) >= 11 is 0. The van der Waals surface area contributed by atoms with Gasteiger partial charge in [-0.05, 0) is 25.8 Å². The van der Waals surface area contributed by atoms with E-state index in [9.17, 15) is 14.9 Å². The Morgan fingerprint density at radius 3 is 2.92 bits per heavy atom. The Bertz CT molecular complexity index is 742. The van der Waals surface area contributed by atoms with E-state index in [0.29, 0.717) is 25.3 Å². The summed E-state index contributed by atoms with van der Waals surface area (Å²) in [7, 11) is 0. The van der Waals surface area contributed by atoms with Gasteiger partial charge in [-0.1, -0.05) is 18.2 Å². The van der Waals surface area contributed by atoms with Crippen molar-refractivity contribution in [1.82, 2.24) is 5.32 Å². The van der Waals surface area contributed by atoms with Gasteiger partial charge in [0.05, 0.1) is 17.4 Å². The number of hydrogen-bond acceptors (Lipinski definition) is 4. The number of carbonyl (C=O) groups is 2. The van der Waals surface area contributed by atoms with Crippen LogP contribution in [0.3, 0.4) is 0 Å². The predicted octanol–water partition coefficient (Wildman–Crippen LogP) is 1.63. The molecule has 0 aromatic heterocycles. The van der Waals surface area contributed by atoms with Crippen LogP contribution in [0.2, 0.25) is 0 Å². The highest BCUT2D eigenvalue weighted by atomic mass is 16.5. The molecule has 1 unspecified atom stereocenters. The highest BCUT2D eigenvalue weighted by Gasteiger charge is 2.35. The Hall–Kier alpha value is -2.65. The quantitative estimate of drug-likeness (QED) is 0.674. The lowest BCUT2D eigenvalue weighted by atomic mass is 10.0. The zero-order chi connectivity index (χ0) is 17.1. The van der Waals surface area contributed by atoms with E-state index in [0.717, 1.165) is 18.5 Å². The number of para-hydroxylation sites is 1. The van der Waals surface area contributed by atoms with Crippen LogP contribution in [-0.2, 0) is 14.3 Å². The van der Waals surface area contributed by atoms with Gasteiger partial charge in [0.25, 0.3) is 11.8 Å². The molecular weight excluding hydrogens is 306 g/mol. The zero-order valence-corrected chi connectivity index (χ0v) is 13.5. The van der Waals surface area contributed by atoms with Crippen LogP contribution in [-0.4, -0.2) is 37.6 Å². The van der Waals surface area contributed by atoms with Crippen molar-refractivity contribution in [2.75, 3.05) is 24.6 Å². The van der Waals surface area contributed by atoms with Gasteiger partial charge in [0.2, 0.25) is 0 Å². The first-order chi connectivity index (χ1) is 11.7. The van der Waals surface area contributed by atoms with Crippen molar-refractivity contribution in [2.45, 2.75) is 25.9 Å². The number of ether oxygens (including phenoxy) is 1. The Morgan fingerprint density at radius 2 is 2.25 bits per heavy atom. The molecule has 6 nitrogen and oxygen atoms in total. The van der Waals surface area contributed by atoms with Crippen molar-refractivity contribution in [3.8, 4) is 6.07 Å². The largest absolute Gasteiger partial charge is 0.376 e. The molecule has 2 heterocycles. The van der Waals surface area contributed by atoms with Crippen LogP contribution in [0.25, 0.3) is 5.57 Å². The minimum absolute atomic E-state index is 0.0161. The second-order valence-electron chi connectivity index (χ2n) is 5.77. The van der Waals surface area contributed by atoms with Gasteiger partial charge in [-0.2, -0.15) is 5.26 Å². The van der Waals surface area contributed by atoms with Crippen LogP contribution >= 0.6 is 0 Å². The average molecular weight is 325 g/mol. The maximum absolute atomic E-state index is 12.7. The van der Waals surface area contributed by atoms with E-state index in [1.807, 2.05) is 25.1 Å². The van der Waals surface area contributed by atoms with Gasteiger partial charge < -0.3 is 15.0 Å². The highest BCUT2D eigenvalue weighted by molar-refractivity contribution is 6.37. The molecule has 1 aromatic carbocycles. The van der Waals surface area contributed by atoms with E-state index in [2.05, 4.69) is 5.32 Å². The maximum atomic E-state index is 12.7. The predicted molar refractivity (Wildman–Crippen MR) is 89.0 cm³/mol. The fraction of sp³-hybridized carbons (Fsp3) is 0.389. The molecule has 2 aliphatic rings. The number of likely N-dealkylation sites (N-methyl/N-ethyl adjacent to an activating group) is 1. The molecular formula is C18H19N3O3. The van der Waals surface area contributed by atoms with E-state index < -0.39 is 5.91 Å². The minimum Gasteiger partial charge on any atom is -0.376 e. The first kappa shape index (κ1) is 16.2. The van der Waals surface area contributed by atoms with Crippen molar-refractivity contribution < 1.29 is 14.3 Å². The molecule has 124 valence electrons. The Balaban J connectivity index is 1.91. The summed E-state index contributed by atoms with van der Waals surface area (Å²) < 4.78 is 5.47. The molecule has 1 aromatic rings. The van der Waals surface area contributed by atoms with E-state index >= 15 is 0 Å². The van der Waals surface area contributed by atoms with Gasteiger partial charge in [0.15, 0.2) is 0 Å². The third-order valence-corrected chi connectivity index (χ3v) is 4.34. The lowest BCUT2D eigenvalue weighted by Crippen LogP contribution is -2.34. The van der Waals surface area contributed by atoms with E-state index in [1.165, 1.54) is 0 Å². The number of carbonyl (C=O) groups excluding carboxylic acids is 2. The summed E-state index contributed by atoms with van der Waals surface area (Å²) in [6, 6.07) is 9.13. The lowest BCUT2D eigenvalue weighted by molar-refractivity contribution is -0.118. The molecule has 0 aliphatic carbocycles. The Morgan fingerprint density at radius 1 is 1.46 bits per heavy atom. The second-order valence-corrected chi connectivity index (χ2v) is 5.77. The zero-order valence-electron chi connectivity index (χ0n) is 13.5. The molecule has 1 N–H and O–H groups in total. The standard InChI is InChI=1S/C18H19N3O3/c1-2-21-15-8-4-3-7-13(15)16(18(21)23)14(10-19)17(22)20-11-12-6-5-9-24-12/h3-4,7-8,12H,2,5-6,9,11H2,1H3,(H,20,22). The van der Waals surface area contributed by atoms with Crippen molar-refractivity contribution in [2.24, 2.45) is 0 Å². The Kier molecular flexibility index (Phi) is 4.63. The summed E-state index contributed by atoms with van der Waals surface area (Å²) in [6.45, 7) is 3.39. The van der Waals surface area contributed by atoms with Crippen LogP contribution in [0.1, 0.15) is 25.3 Å². The molecule has 1 fully saturated rings. The van der Waals surface area contributed by atoms with Crippen LogP contribution in [0.4, 0.5) is 5.69 Å². The van der Waals surface area contributed by atoms with Crippen LogP contribution in [0.15, 0.2) is 29.8 Å².